The van der Waals surface area contributed by atoms with Crippen molar-refractivity contribution in [2.24, 2.45) is 4.99 Å². The van der Waals surface area contributed by atoms with Gasteiger partial charge in [-0.3, -0.25) is 5.32 Å². The molecule has 0 fully saturated rings. The molecule has 1 unspecified atom stereocenters. The van der Waals surface area contributed by atoms with Crippen LogP contribution in [0.3, 0.4) is 0 Å². The number of aliphatic carboxylic acids is 1. The average Bonchev–Trinajstić information content (AvgIpc) is 2.53. The van der Waals surface area contributed by atoms with E-state index in [1.165, 1.54) is 11.8 Å². The highest BCUT2D eigenvalue weighted by Gasteiger charge is 2.24. The molecule has 1 amide bonds. The SMILES string of the molecule is CSC(=Nc1ccc(CC(NC(=O)OC(C)(C)C)C(=O)O)cc1)NC#N. The molecule has 0 aromatic heterocycles. The van der Waals surface area contributed by atoms with Crippen molar-refractivity contribution in [2.75, 3.05) is 6.26 Å². The fourth-order valence-electron chi connectivity index (χ4n) is 1.88. The van der Waals surface area contributed by atoms with Crippen molar-refractivity contribution < 1.29 is 19.4 Å². The standard InChI is InChI=1S/C17H22N4O4S/c1-17(2,3)25-16(24)21-13(14(22)23)9-11-5-7-12(8-6-11)20-15(26-4)19-10-18/h5-8,13H,9H2,1-4H3,(H,19,20)(H,21,24)(H,22,23). The van der Waals surface area contributed by atoms with E-state index in [2.05, 4.69) is 15.6 Å². The van der Waals surface area contributed by atoms with Gasteiger partial charge in [0.05, 0.1) is 5.69 Å². The van der Waals surface area contributed by atoms with Gasteiger partial charge in [0, 0.05) is 6.42 Å². The van der Waals surface area contributed by atoms with Crippen LogP contribution in [0.15, 0.2) is 29.3 Å². The van der Waals surface area contributed by atoms with Gasteiger partial charge in [-0.25, -0.2) is 14.6 Å². The van der Waals surface area contributed by atoms with Gasteiger partial charge in [-0.2, -0.15) is 5.26 Å². The Kier molecular flexibility index (Phi) is 7.93. The number of hydrogen-bond donors (Lipinski definition) is 3. The van der Waals surface area contributed by atoms with Crippen LogP contribution >= 0.6 is 11.8 Å². The summed E-state index contributed by atoms with van der Waals surface area (Å²) in [6, 6.07) is 5.74. The van der Waals surface area contributed by atoms with Crippen LogP contribution in [-0.4, -0.2) is 40.2 Å². The number of nitrogens with zero attached hydrogens (tertiary/aromatic N) is 2. The number of benzene rings is 1. The fourth-order valence-corrected chi connectivity index (χ4v) is 2.23. The Balaban J connectivity index is 2.80. The van der Waals surface area contributed by atoms with Gasteiger partial charge in [0.25, 0.3) is 0 Å². The van der Waals surface area contributed by atoms with Gasteiger partial charge < -0.3 is 15.2 Å². The van der Waals surface area contributed by atoms with Crippen LogP contribution in [0, 0.1) is 11.5 Å². The molecule has 1 aromatic rings. The van der Waals surface area contributed by atoms with Gasteiger partial charge >= 0.3 is 12.1 Å². The van der Waals surface area contributed by atoms with Crippen molar-refractivity contribution in [1.29, 1.82) is 5.26 Å². The summed E-state index contributed by atoms with van der Waals surface area (Å²) >= 11 is 1.30. The van der Waals surface area contributed by atoms with E-state index >= 15 is 0 Å². The third-order valence-electron chi connectivity index (χ3n) is 2.95. The van der Waals surface area contributed by atoms with E-state index in [4.69, 9.17) is 10.00 Å². The molecule has 0 heterocycles. The maximum atomic E-state index is 11.8. The zero-order chi connectivity index (χ0) is 19.7. The number of thioether (sulfide) groups is 1. The molecule has 9 heteroatoms. The van der Waals surface area contributed by atoms with Crippen molar-refractivity contribution in [3.8, 4) is 6.19 Å². The Hall–Kier alpha value is -2.73. The van der Waals surface area contributed by atoms with Crippen molar-refractivity contribution >= 4 is 34.7 Å². The molecule has 1 rings (SSSR count). The van der Waals surface area contributed by atoms with Crippen molar-refractivity contribution in [1.82, 2.24) is 10.6 Å². The lowest BCUT2D eigenvalue weighted by Gasteiger charge is -2.22. The van der Waals surface area contributed by atoms with Gasteiger partial charge in [0.2, 0.25) is 0 Å². The first-order valence-electron chi connectivity index (χ1n) is 7.73. The first-order valence-corrected chi connectivity index (χ1v) is 8.96. The van der Waals surface area contributed by atoms with Gasteiger partial charge in [-0.1, -0.05) is 23.9 Å². The predicted octanol–water partition coefficient (Wildman–Crippen LogP) is 2.63. The summed E-state index contributed by atoms with van der Waals surface area (Å²) in [5.74, 6) is -1.15. The molecule has 0 aliphatic rings. The number of aliphatic imine (C=N–C) groups is 1. The number of nitriles is 1. The fraction of sp³-hybridized carbons (Fsp3) is 0.412. The number of carbonyl (C=O) groups is 2. The largest absolute Gasteiger partial charge is 0.480 e. The lowest BCUT2D eigenvalue weighted by molar-refractivity contribution is -0.139. The number of carbonyl (C=O) groups excluding carboxylic acids is 1. The van der Waals surface area contributed by atoms with Crippen LogP contribution < -0.4 is 10.6 Å². The van der Waals surface area contributed by atoms with Gasteiger partial charge in [-0.05, 0) is 44.7 Å². The summed E-state index contributed by atoms with van der Waals surface area (Å²) in [5, 5.41) is 23.2. The Morgan fingerprint density at radius 1 is 1.35 bits per heavy atom. The number of amides is 1. The minimum atomic E-state index is -1.15. The first kappa shape index (κ1) is 21.3. The molecule has 3 N–H and O–H groups in total. The van der Waals surface area contributed by atoms with Crippen LogP contribution in [0.5, 0.6) is 0 Å². The second-order valence-electron chi connectivity index (χ2n) is 6.27. The Bertz CT molecular complexity index is 705. The monoisotopic (exact) mass is 378 g/mol. The molecule has 0 saturated heterocycles. The molecule has 0 saturated carbocycles. The summed E-state index contributed by atoms with van der Waals surface area (Å²) < 4.78 is 5.09. The van der Waals surface area contributed by atoms with E-state index in [0.717, 1.165) is 0 Å². The Morgan fingerprint density at radius 2 is 1.96 bits per heavy atom. The first-order chi connectivity index (χ1) is 12.1. The number of rotatable bonds is 5. The van der Waals surface area contributed by atoms with Crippen LogP contribution in [0.1, 0.15) is 26.3 Å². The lowest BCUT2D eigenvalue weighted by atomic mass is 10.1. The van der Waals surface area contributed by atoms with E-state index in [9.17, 15) is 14.7 Å². The lowest BCUT2D eigenvalue weighted by Crippen LogP contribution is -2.44. The van der Waals surface area contributed by atoms with E-state index in [1.54, 1.807) is 57.5 Å². The summed E-state index contributed by atoms with van der Waals surface area (Å²) in [5.41, 5.74) is 0.623. The summed E-state index contributed by atoms with van der Waals surface area (Å²) in [4.78, 5) is 27.4. The predicted molar refractivity (Wildman–Crippen MR) is 100 cm³/mol. The van der Waals surface area contributed by atoms with Crippen molar-refractivity contribution in [2.45, 2.75) is 38.8 Å². The number of carboxylic acids is 1. The van der Waals surface area contributed by atoms with Crippen LogP contribution in [-0.2, 0) is 16.0 Å². The quantitative estimate of drug-likeness (QED) is 0.311. The zero-order valence-electron chi connectivity index (χ0n) is 15.1. The smallest absolute Gasteiger partial charge is 0.408 e. The summed E-state index contributed by atoms with van der Waals surface area (Å²) in [7, 11) is 0. The second kappa shape index (κ2) is 9.68. The second-order valence-corrected chi connectivity index (χ2v) is 7.06. The van der Waals surface area contributed by atoms with Crippen molar-refractivity contribution in [3.63, 3.8) is 0 Å². The van der Waals surface area contributed by atoms with E-state index < -0.39 is 23.7 Å². The van der Waals surface area contributed by atoms with Gasteiger partial charge in [0.1, 0.15) is 11.6 Å². The number of ether oxygens (including phenoxy) is 1. The minimum Gasteiger partial charge on any atom is -0.480 e. The molecule has 1 aromatic carbocycles. The minimum absolute atomic E-state index is 0.102. The molecular weight excluding hydrogens is 356 g/mol. The number of alkyl carbamates (subject to hydrolysis) is 1. The maximum absolute atomic E-state index is 11.8. The third-order valence-corrected chi connectivity index (χ3v) is 3.53. The van der Waals surface area contributed by atoms with Crippen molar-refractivity contribution in [3.05, 3.63) is 29.8 Å². The molecule has 0 aliphatic carbocycles. The highest BCUT2D eigenvalue weighted by Crippen LogP contribution is 2.16. The number of carboxylic acid groups (broad SMARTS) is 1. The van der Waals surface area contributed by atoms with Gasteiger partial charge in [0.15, 0.2) is 11.4 Å². The van der Waals surface area contributed by atoms with E-state index in [1.807, 2.05) is 0 Å². The van der Waals surface area contributed by atoms with Gasteiger partial charge in [-0.15, -0.1) is 0 Å². The number of nitrogens with one attached hydrogen (secondary N) is 2. The highest BCUT2D eigenvalue weighted by atomic mass is 32.2. The Morgan fingerprint density at radius 3 is 2.42 bits per heavy atom. The zero-order valence-corrected chi connectivity index (χ0v) is 15.9. The normalized spacial score (nSPS) is 12.7. The van der Waals surface area contributed by atoms with Crippen LogP contribution in [0.4, 0.5) is 10.5 Å². The molecule has 0 spiro atoms. The maximum Gasteiger partial charge on any atom is 0.408 e. The number of amidine groups is 1. The Labute approximate surface area is 156 Å². The average molecular weight is 378 g/mol. The van der Waals surface area contributed by atoms with E-state index in [0.29, 0.717) is 16.4 Å². The molecular formula is C17H22N4O4S. The molecule has 0 aliphatic heterocycles. The highest BCUT2D eigenvalue weighted by molar-refractivity contribution is 8.13. The topological polar surface area (TPSA) is 124 Å². The molecule has 140 valence electrons. The van der Waals surface area contributed by atoms with Crippen LogP contribution in [0.25, 0.3) is 0 Å². The number of hydrogen-bond acceptors (Lipinski definition) is 6. The van der Waals surface area contributed by atoms with E-state index in [-0.39, 0.29) is 6.42 Å². The molecule has 0 radical (unpaired) electrons. The molecule has 8 nitrogen and oxygen atoms in total. The van der Waals surface area contributed by atoms with Crippen LogP contribution in [0.2, 0.25) is 0 Å². The molecule has 0 bridgehead atoms. The third kappa shape index (κ3) is 7.90. The molecule has 26 heavy (non-hydrogen) atoms. The summed E-state index contributed by atoms with van der Waals surface area (Å²) in [6.07, 6.45) is 2.92. The molecule has 1 atom stereocenters. The summed E-state index contributed by atoms with van der Waals surface area (Å²) in [6.45, 7) is 5.10.